The average molecular weight is 224 g/mol. The highest BCUT2D eigenvalue weighted by Gasteiger charge is 2.32. The summed E-state index contributed by atoms with van der Waals surface area (Å²) >= 11 is 0. The van der Waals surface area contributed by atoms with Gasteiger partial charge < -0.3 is 15.4 Å². The lowest BCUT2D eigenvalue weighted by Crippen LogP contribution is -2.59. The topological polar surface area (TPSA) is 50.4 Å². The van der Waals surface area contributed by atoms with Crippen molar-refractivity contribution in [3.05, 3.63) is 0 Å². The first-order chi connectivity index (χ1) is 7.66. The third kappa shape index (κ3) is 4.65. The summed E-state index contributed by atoms with van der Waals surface area (Å²) in [6, 6.07) is 0. The first-order valence-corrected chi connectivity index (χ1v) is 5.71. The highest BCUT2D eigenvalue weighted by molar-refractivity contribution is 5.77. The van der Waals surface area contributed by atoms with Gasteiger partial charge >= 0.3 is 0 Å². The summed E-state index contributed by atoms with van der Waals surface area (Å²) in [5, 5.41) is 5.93. The Bertz CT molecular complexity index is 267. The predicted molar refractivity (Wildman–Crippen MR) is 62.9 cm³/mol. The number of unbranched alkanes of at least 4 members (excludes halogenated alkanes) is 2. The lowest BCUT2D eigenvalue weighted by atomic mass is 10.0. The van der Waals surface area contributed by atoms with Crippen LogP contribution in [0.25, 0.3) is 0 Å². The quantitative estimate of drug-likeness (QED) is 0.482. The van der Waals surface area contributed by atoms with Gasteiger partial charge in [0.25, 0.3) is 0 Å². The van der Waals surface area contributed by atoms with Crippen LogP contribution in [-0.4, -0.2) is 37.7 Å². The molecule has 0 aromatic carbocycles. The molecule has 1 aliphatic rings. The van der Waals surface area contributed by atoms with E-state index >= 15 is 0 Å². The highest BCUT2D eigenvalue weighted by Crippen LogP contribution is 2.14. The molecule has 0 bridgehead atoms. The van der Waals surface area contributed by atoms with Crippen molar-refractivity contribution in [1.29, 1.82) is 0 Å². The molecule has 0 aromatic heterocycles. The van der Waals surface area contributed by atoms with Gasteiger partial charge in [-0.3, -0.25) is 4.79 Å². The summed E-state index contributed by atoms with van der Waals surface area (Å²) in [5.41, 5.74) is -0.152. The van der Waals surface area contributed by atoms with Crippen LogP contribution in [-0.2, 0) is 9.53 Å². The first-order valence-electron chi connectivity index (χ1n) is 5.71. The van der Waals surface area contributed by atoms with Crippen LogP contribution in [0.2, 0.25) is 0 Å². The van der Waals surface area contributed by atoms with Crippen molar-refractivity contribution < 1.29 is 9.53 Å². The normalized spacial score (nSPS) is 17.2. The molecule has 16 heavy (non-hydrogen) atoms. The molecular weight excluding hydrogens is 204 g/mol. The summed E-state index contributed by atoms with van der Waals surface area (Å²) in [4.78, 5) is 11.4. The van der Waals surface area contributed by atoms with Crippen LogP contribution in [0.5, 0.6) is 0 Å². The number of ether oxygens (including phenoxy) is 1. The minimum atomic E-state index is -0.152. The fourth-order valence-electron chi connectivity index (χ4n) is 1.45. The van der Waals surface area contributed by atoms with E-state index < -0.39 is 0 Å². The molecule has 0 spiro atoms. The van der Waals surface area contributed by atoms with Gasteiger partial charge in [-0.25, -0.2) is 0 Å². The zero-order valence-corrected chi connectivity index (χ0v) is 9.84. The fourth-order valence-corrected chi connectivity index (χ4v) is 1.45. The lowest BCUT2D eigenvalue weighted by Gasteiger charge is -2.38. The third-order valence-corrected chi connectivity index (χ3v) is 2.62. The van der Waals surface area contributed by atoms with Crippen LogP contribution in [0.15, 0.2) is 0 Å². The van der Waals surface area contributed by atoms with Gasteiger partial charge in [0.1, 0.15) is 6.61 Å². The van der Waals surface area contributed by atoms with Crippen LogP contribution in [0, 0.1) is 12.3 Å². The molecule has 0 radical (unpaired) electrons. The van der Waals surface area contributed by atoms with Gasteiger partial charge in [0.15, 0.2) is 0 Å². The third-order valence-electron chi connectivity index (χ3n) is 2.62. The number of carbonyl (C=O) groups is 1. The molecule has 1 heterocycles. The number of hydrogen-bond acceptors (Lipinski definition) is 3. The molecule has 0 atom stereocenters. The molecule has 1 saturated heterocycles. The Morgan fingerprint density at radius 2 is 2.31 bits per heavy atom. The predicted octanol–water partition coefficient (Wildman–Crippen LogP) is 0.285. The number of carbonyl (C=O) groups excluding carboxylic acids is 1. The van der Waals surface area contributed by atoms with E-state index in [1.807, 2.05) is 6.92 Å². The van der Waals surface area contributed by atoms with Crippen LogP contribution in [0.1, 0.15) is 26.2 Å². The Kier molecular flexibility index (Phi) is 5.30. The Balaban J connectivity index is 1.97. The fraction of sp³-hybridized carbons (Fsp3) is 0.750. The van der Waals surface area contributed by atoms with Gasteiger partial charge in [-0.1, -0.05) is 0 Å². The smallest absolute Gasteiger partial charge is 0.246 e. The number of hydrogen-bond donors (Lipinski definition) is 2. The van der Waals surface area contributed by atoms with Crippen molar-refractivity contribution in [2.24, 2.45) is 0 Å². The maximum Gasteiger partial charge on any atom is 0.246 e. The Morgan fingerprint density at radius 1 is 1.56 bits per heavy atom. The first kappa shape index (κ1) is 13.0. The van der Waals surface area contributed by atoms with Gasteiger partial charge in [-0.15, -0.1) is 12.3 Å². The molecule has 0 aromatic rings. The van der Waals surface area contributed by atoms with Gasteiger partial charge in [-0.2, -0.15) is 0 Å². The molecule has 1 amide bonds. The number of rotatable bonds is 7. The molecule has 0 unspecified atom stereocenters. The summed E-state index contributed by atoms with van der Waals surface area (Å²) in [7, 11) is 0. The molecule has 0 aliphatic carbocycles. The molecule has 1 fully saturated rings. The van der Waals surface area contributed by atoms with Crippen molar-refractivity contribution in [1.82, 2.24) is 10.6 Å². The Morgan fingerprint density at radius 3 is 2.88 bits per heavy atom. The van der Waals surface area contributed by atoms with Crippen molar-refractivity contribution in [2.75, 3.05) is 26.2 Å². The molecular formula is C12H20N2O2. The van der Waals surface area contributed by atoms with Crippen LogP contribution < -0.4 is 10.6 Å². The Hall–Kier alpha value is -1.05. The number of amides is 1. The van der Waals surface area contributed by atoms with Crippen molar-refractivity contribution in [3.63, 3.8) is 0 Å². The second-order valence-electron chi connectivity index (χ2n) is 4.35. The van der Waals surface area contributed by atoms with Crippen LogP contribution in [0.3, 0.4) is 0 Å². The van der Waals surface area contributed by atoms with E-state index in [2.05, 4.69) is 16.6 Å². The number of nitrogens with one attached hydrogen (secondary N) is 2. The summed E-state index contributed by atoms with van der Waals surface area (Å²) in [6.45, 7) is 4.47. The molecule has 1 rings (SSSR count). The van der Waals surface area contributed by atoms with Crippen molar-refractivity contribution in [3.8, 4) is 12.3 Å². The minimum Gasteiger partial charge on any atom is -0.363 e. The molecule has 4 heteroatoms. The maximum atomic E-state index is 11.4. The molecule has 0 saturated carbocycles. The van der Waals surface area contributed by atoms with E-state index in [9.17, 15) is 4.79 Å². The minimum absolute atomic E-state index is 0.0474. The van der Waals surface area contributed by atoms with Gasteiger partial charge in [0.05, 0.1) is 5.60 Å². The van der Waals surface area contributed by atoms with E-state index in [1.165, 1.54) is 0 Å². The van der Waals surface area contributed by atoms with E-state index in [4.69, 9.17) is 11.2 Å². The van der Waals surface area contributed by atoms with E-state index in [1.54, 1.807) is 0 Å². The summed E-state index contributed by atoms with van der Waals surface area (Å²) in [5.74, 6) is 2.52. The lowest BCUT2D eigenvalue weighted by molar-refractivity contribution is -0.135. The number of terminal acetylenes is 1. The van der Waals surface area contributed by atoms with E-state index in [0.717, 1.165) is 32.4 Å². The van der Waals surface area contributed by atoms with Gasteiger partial charge in [0.2, 0.25) is 5.91 Å². The second-order valence-corrected chi connectivity index (χ2v) is 4.35. The second kappa shape index (κ2) is 6.51. The van der Waals surface area contributed by atoms with E-state index in [-0.39, 0.29) is 18.1 Å². The molecule has 90 valence electrons. The summed E-state index contributed by atoms with van der Waals surface area (Å²) in [6.07, 6.45) is 7.78. The average Bonchev–Trinajstić information content (AvgIpc) is 2.23. The SMILES string of the molecule is C#CCCCCNC(=O)COC1(C)CNC1. The standard InChI is InChI=1S/C12H20N2O2/c1-3-4-5-6-7-14-11(15)8-16-12(2)9-13-10-12/h1,13H,4-10H2,2H3,(H,14,15). The molecule has 4 nitrogen and oxygen atoms in total. The van der Waals surface area contributed by atoms with Crippen molar-refractivity contribution >= 4 is 5.91 Å². The van der Waals surface area contributed by atoms with Crippen molar-refractivity contribution in [2.45, 2.75) is 31.8 Å². The summed E-state index contributed by atoms with van der Waals surface area (Å²) < 4.78 is 5.50. The zero-order chi connectivity index (χ0) is 11.9. The Labute approximate surface area is 97.1 Å². The van der Waals surface area contributed by atoms with Gasteiger partial charge in [-0.05, 0) is 19.8 Å². The molecule has 2 N–H and O–H groups in total. The highest BCUT2D eigenvalue weighted by atomic mass is 16.5. The van der Waals surface area contributed by atoms with Gasteiger partial charge in [0, 0.05) is 26.1 Å². The maximum absolute atomic E-state index is 11.4. The zero-order valence-electron chi connectivity index (χ0n) is 9.84. The van der Waals surface area contributed by atoms with Crippen LogP contribution in [0.4, 0.5) is 0 Å². The monoisotopic (exact) mass is 224 g/mol. The largest absolute Gasteiger partial charge is 0.363 e. The van der Waals surface area contributed by atoms with E-state index in [0.29, 0.717) is 6.54 Å². The molecule has 1 aliphatic heterocycles. The van der Waals surface area contributed by atoms with Crippen LogP contribution >= 0.6 is 0 Å².